The molecule has 0 spiro atoms. The number of hydrogen-bond acceptors (Lipinski definition) is 6. The molecule has 0 radical (unpaired) electrons. The molecule has 3 heterocycles. The lowest BCUT2D eigenvalue weighted by atomic mass is 9.99. The minimum atomic E-state index is -0.185. The first-order valence-corrected chi connectivity index (χ1v) is 11.2. The van der Waals surface area contributed by atoms with Crippen LogP contribution < -0.4 is 10.1 Å². The van der Waals surface area contributed by atoms with Crippen LogP contribution in [0, 0.1) is 0 Å². The number of carbonyl (C=O) groups is 1. The number of likely N-dealkylation sites (tertiary alicyclic amines) is 1. The second kappa shape index (κ2) is 9.21. The van der Waals surface area contributed by atoms with Gasteiger partial charge in [0.1, 0.15) is 5.76 Å². The number of nitrogens with zero attached hydrogens (tertiary/aromatic N) is 2. The van der Waals surface area contributed by atoms with Crippen LogP contribution in [0.15, 0.2) is 59.0 Å². The molecule has 7 nitrogen and oxygen atoms in total. The fourth-order valence-electron chi connectivity index (χ4n) is 4.62. The molecule has 1 fully saturated rings. The quantitative estimate of drug-likeness (QED) is 0.451. The molecule has 5 rings (SSSR count). The van der Waals surface area contributed by atoms with Gasteiger partial charge in [0.15, 0.2) is 11.3 Å². The van der Waals surface area contributed by atoms with Gasteiger partial charge in [0, 0.05) is 35.5 Å². The number of pyridine rings is 1. The van der Waals surface area contributed by atoms with E-state index in [0.29, 0.717) is 12.1 Å². The summed E-state index contributed by atoms with van der Waals surface area (Å²) < 4.78 is 11.5. The summed E-state index contributed by atoms with van der Waals surface area (Å²) in [4.78, 5) is 20.0. The largest absolute Gasteiger partial charge is 0.493 e. The molecule has 1 saturated heterocycles. The molecule has 0 aliphatic carbocycles. The third-order valence-electron chi connectivity index (χ3n) is 6.23. The van der Waals surface area contributed by atoms with E-state index in [2.05, 4.69) is 16.3 Å². The molecular formula is C26H27N3O4. The first-order valence-electron chi connectivity index (χ1n) is 11.2. The zero-order valence-electron chi connectivity index (χ0n) is 18.6. The Hall–Kier alpha value is -3.42. The van der Waals surface area contributed by atoms with Crippen molar-refractivity contribution in [1.82, 2.24) is 15.2 Å². The number of aliphatic hydroxyl groups excluding tert-OH is 1. The number of amides is 1. The van der Waals surface area contributed by atoms with Crippen LogP contribution in [0.1, 0.15) is 34.2 Å². The Morgan fingerprint density at radius 3 is 2.97 bits per heavy atom. The summed E-state index contributed by atoms with van der Waals surface area (Å²) in [5, 5.41) is 13.7. The summed E-state index contributed by atoms with van der Waals surface area (Å²) in [5.74, 6) is 1.70. The van der Waals surface area contributed by atoms with Gasteiger partial charge in [-0.25, -0.2) is 0 Å². The molecule has 4 aromatic rings. The zero-order chi connectivity index (χ0) is 22.8. The van der Waals surface area contributed by atoms with Gasteiger partial charge in [0.05, 0.1) is 31.3 Å². The molecular weight excluding hydrogens is 418 g/mol. The summed E-state index contributed by atoms with van der Waals surface area (Å²) in [5.41, 5.74) is 3.12. The fraction of sp³-hybridized carbons (Fsp3) is 0.308. The Labute approximate surface area is 192 Å². The summed E-state index contributed by atoms with van der Waals surface area (Å²) in [7, 11) is 1.65. The number of fused-ring (bicyclic) bond motifs is 2. The van der Waals surface area contributed by atoms with Crippen LogP contribution in [0.4, 0.5) is 0 Å². The minimum absolute atomic E-state index is 0.0904. The van der Waals surface area contributed by atoms with Crippen molar-refractivity contribution in [2.24, 2.45) is 0 Å². The first-order chi connectivity index (χ1) is 16.2. The molecule has 1 aliphatic heterocycles. The van der Waals surface area contributed by atoms with Crippen LogP contribution in [0.5, 0.6) is 5.75 Å². The van der Waals surface area contributed by atoms with E-state index < -0.39 is 0 Å². The van der Waals surface area contributed by atoms with E-state index in [0.717, 1.165) is 58.6 Å². The van der Waals surface area contributed by atoms with E-state index in [1.807, 2.05) is 48.5 Å². The summed E-state index contributed by atoms with van der Waals surface area (Å²) in [6.45, 7) is 2.62. The number of ether oxygens (including phenoxy) is 1. The van der Waals surface area contributed by atoms with Crippen molar-refractivity contribution in [2.45, 2.75) is 18.9 Å². The van der Waals surface area contributed by atoms with Crippen molar-refractivity contribution in [3.63, 3.8) is 0 Å². The summed E-state index contributed by atoms with van der Waals surface area (Å²) >= 11 is 0. The maximum absolute atomic E-state index is 12.7. The van der Waals surface area contributed by atoms with Gasteiger partial charge >= 0.3 is 0 Å². The maximum atomic E-state index is 12.7. The molecule has 170 valence electrons. The third kappa shape index (κ3) is 4.29. The molecule has 2 aromatic carbocycles. The molecule has 0 saturated carbocycles. The highest BCUT2D eigenvalue weighted by Gasteiger charge is 2.27. The number of para-hydroxylation sites is 2. The molecule has 33 heavy (non-hydrogen) atoms. The lowest BCUT2D eigenvalue weighted by Crippen LogP contribution is -2.27. The Balaban J connectivity index is 1.37. The molecule has 2 N–H and O–H groups in total. The molecule has 0 bridgehead atoms. The number of aromatic nitrogens is 1. The fourth-order valence-corrected chi connectivity index (χ4v) is 4.62. The number of carbonyl (C=O) groups excluding carboxylic acids is 1. The van der Waals surface area contributed by atoms with E-state index in [1.165, 1.54) is 0 Å². The van der Waals surface area contributed by atoms with Gasteiger partial charge in [0.25, 0.3) is 5.91 Å². The second-order valence-electron chi connectivity index (χ2n) is 8.40. The molecule has 1 aliphatic rings. The predicted octanol–water partition coefficient (Wildman–Crippen LogP) is 3.70. The monoisotopic (exact) mass is 445 g/mol. The number of rotatable bonds is 7. The van der Waals surface area contributed by atoms with Gasteiger partial charge in [0.2, 0.25) is 0 Å². The lowest BCUT2D eigenvalue weighted by Gasteiger charge is -2.16. The Kier molecular flexibility index (Phi) is 5.98. The summed E-state index contributed by atoms with van der Waals surface area (Å²) in [6.07, 6.45) is 0.965. The standard InChI is InChI=1S/C26H27N3O4/c1-32-24-8-4-5-17-13-19(33-25(17)24)16-29-11-9-18(15-29)23-14-21(26(31)27-10-12-30)20-6-2-3-7-22(20)28-23/h2-8,13-14,18,30H,9-12,15-16H2,1H3,(H,27,31). The first kappa shape index (κ1) is 21.4. The van der Waals surface area contributed by atoms with E-state index in [4.69, 9.17) is 19.2 Å². The van der Waals surface area contributed by atoms with Gasteiger partial charge < -0.3 is 19.6 Å². The van der Waals surface area contributed by atoms with Crippen LogP contribution in [0.3, 0.4) is 0 Å². The van der Waals surface area contributed by atoms with E-state index >= 15 is 0 Å². The Morgan fingerprint density at radius 1 is 1.24 bits per heavy atom. The van der Waals surface area contributed by atoms with Crippen molar-refractivity contribution in [1.29, 1.82) is 0 Å². The maximum Gasteiger partial charge on any atom is 0.252 e. The average Bonchev–Trinajstić information content (AvgIpc) is 3.48. The number of benzene rings is 2. The van der Waals surface area contributed by atoms with Gasteiger partial charge in [-0.15, -0.1) is 0 Å². The van der Waals surface area contributed by atoms with E-state index in [1.54, 1.807) is 7.11 Å². The van der Waals surface area contributed by atoms with Crippen molar-refractivity contribution >= 4 is 27.8 Å². The van der Waals surface area contributed by atoms with Crippen LogP contribution in [0.25, 0.3) is 21.9 Å². The second-order valence-corrected chi connectivity index (χ2v) is 8.40. The van der Waals surface area contributed by atoms with Crippen LogP contribution >= 0.6 is 0 Å². The highest BCUT2D eigenvalue weighted by Crippen LogP contribution is 2.32. The molecule has 7 heteroatoms. The molecule has 1 atom stereocenters. The molecule has 1 unspecified atom stereocenters. The number of methoxy groups -OCH3 is 1. The van der Waals surface area contributed by atoms with Crippen molar-refractivity contribution < 1.29 is 19.1 Å². The molecule has 1 amide bonds. The number of furan rings is 1. The number of nitrogens with one attached hydrogen (secondary N) is 1. The predicted molar refractivity (Wildman–Crippen MR) is 127 cm³/mol. The highest BCUT2D eigenvalue weighted by molar-refractivity contribution is 6.06. The van der Waals surface area contributed by atoms with E-state index in [-0.39, 0.29) is 25.0 Å². The molecule has 2 aromatic heterocycles. The average molecular weight is 446 g/mol. The number of aliphatic hydroxyl groups is 1. The van der Waals surface area contributed by atoms with Crippen molar-refractivity contribution in [2.75, 3.05) is 33.4 Å². The Morgan fingerprint density at radius 2 is 2.12 bits per heavy atom. The highest BCUT2D eigenvalue weighted by atomic mass is 16.5. The van der Waals surface area contributed by atoms with Gasteiger partial charge in [-0.1, -0.05) is 30.3 Å². The lowest BCUT2D eigenvalue weighted by molar-refractivity contribution is 0.0946. The normalized spacial score (nSPS) is 16.5. The van der Waals surface area contributed by atoms with Crippen LogP contribution in [0.2, 0.25) is 0 Å². The van der Waals surface area contributed by atoms with E-state index in [9.17, 15) is 4.79 Å². The van der Waals surface area contributed by atoms with Crippen molar-refractivity contribution in [3.8, 4) is 5.75 Å². The van der Waals surface area contributed by atoms with Crippen LogP contribution in [-0.2, 0) is 6.54 Å². The van der Waals surface area contributed by atoms with Gasteiger partial charge in [-0.2, -0.15) is 0 Å². The topological polar surface area (TPSA) is 87.8 Å². The third-order valence-corrected chi connectivity index (χ3v) is 6.23. The summed E-state index contributed by atoms with van der Waals surface area (Å²) in [6, 6.07) is 17.6. The number of hydrogen-bond donors (Lipinski definition) is 2. The van der Waals surface area contributed by atoms with Crippen molar-refractivity contribution in [3.05, 3.63) is 71.6 Å². The van der Waals surface area contributed by atoms with Gasteiger partial charge in [-0.3, -0.25) is 14.7 Å². The SMILES string of the molecule is COc1cccc2cc(CN3CCC(c4cc(C(=O)NCCO)c5ccccc5n4)C3)oc12. The van der Waals surface area contributed by atoms with Gasteiger partial charge in [-0.05, 0) is 37.2 Å². The zero-order valence-corrected chi connectivity index (χ0v) is 18.6. The smallest absolute Gasteiger partial charge is 0.252 e. The Bertz CT molecular complexity index is 1300. The minimum Gasteiger partial charge on any atom is -0.493 e. The van der Waals surface area contributed by atoms with Crippen LogP contribution in [-0.4, -0.2) is 54.2 Å².